The van der Waals surface area contributed by atoms with E-state index < -0.39 is 0 Å². The van der Waals surface area contributed by atoms with Gasteiger partial charge in [-0.15, -0.1) is 11.3 Å². The maximum Gasteiger partial charge on any atom is 0.236 e. The zero-order chi connectivity index (χ0) is 16.8. The molecule has 0 aromatic carbocycles. The number of oxazole rings is 1. The van der Waals surface area contributed by atoms with Gasteiger partial charge < -0.3 is 19.4 Å². The molecule has 2 aromatic heterocycles. The van der Waals surface area contributed by atoms with E-state index in [9.17, 15) is 0 Å². The lowest BCUT2D eigenvalue weighted by molar-refractivity contribution is 0.115. The summed E-state index contributed by atoms with van der Waals surface area (Å²) in [5, 5.41) is 5.32. The van der Waals surface area contributed by atoms with Crippen molar-refractivity contribution in [2.24, 2.45) is 10.9 Å². The van der Waals surface area contributed by atoms with Gasteiger partial charge in [-0.1, -0.05) is 6.07 Å². The van der Waals surface area contributed by atoms with Crippen molar-refractivity contribution in [1.82, 2.24) is 15.2 Å². The summed E-state index contributed by atoms with van der Waals surface area (Å²) in [5.41, 5.74) is 0.859. The van der Waals surface area contributed by atoms with Gasteiger partial charge >= 0.3 is 0 Å². The van der Waals surface area contributed by atoms with E-state index in [-0.39, 0.29) is 0 Å². The van der Waals surface area contributed by atoms with Crippen molar-refractivity contribution in [3.8, 4) is 10.8 Å². The Morgan fingerprint density at radius 3 is 3.12 bits per heavy atom. The summed E-state index contributed by atoms with van der Waals surface area (Å²) >= 11 is 1.62. The molecular weight excluding hydrogens is 324 g/mol. The summed E-state index contributed by atoms with van der Waals surface area (Å²) in [7, 11) is 3.79. The Labute approximate surface area is 146 Å². The highest BCUT2D eigenvalue weighted by Gasteiger charge is 2.21. The Morgan fingerprint density at radius 2 is 2.42 bits per heavy atom. The Bertz CT molecular complexity index is 649. The Morgan fingerprint density at radius 1 is 1.54 bits per heavy atom. The van der Waals surface area contributed by atoms with Crippen molar-refractivity contribution in [1.29, 1.82) is 0 Å². The predicted octanol–water partition coefficient (Wildman–Crippen LogP) is 2.84. The van der Waals surface area contributed by atoms with Crippen molar-refractivity contribution >= 4 is 17.3 Å². The second-order valence-corrected chi connectivity index (χ2v) is 6.91. The molecule has 6 nitrogen and oxygen atoms in total. The van der Waals surface area contributed by atoms with Crippen LogP contribution in [0.15, 0.2) is 33.2 Å². The lowest BCUT2D eigenvalue weighted by Gasteiger charge is -2.21. The molecule has 1 saturated carbocycles. The number of nitrogens with zero attached hydrogens (tertiary/aromatic N) is 3. The molecule has 1 fully saturated rings. The van der Waals surface area contributed by atoms with E-state index in [1.165, 1.54) is 12.8 Å². The molecule has 0 bridgehead atoms. The van der Waals surface area contributed by atoms with Crippen molar-refractivity contribution in [3.05, 3.63) is 29.5 Å². The highest BCUT2D eigenvalue weighted by Crippen LogP contribution is 2.28. The minimum atomic E-state index is 0.578. The molecule has 1 N–H and O–H groups in total. The maximum atomic E-state index is 5.68. The van der Waals surface area contributed by atoms with E-state index >= 15 is 0 Å². The number of thiophene rings is 1. The first-order valence-electron chi connectivity index (χ1n) is 8.24. The number of nitrogens with one attached hydrogen (secondary N) is 1. The van der Waals surface area contributed by atoms with Crippen molar-refractivity contribution < 1.29 is 9.15 Å². The van der Waals surface area contributed by atoms with E-state index in [0.717, 1.165) is 42.2 Å². The molecule has 7 heteroatoms. The second-order valence-electron chi connectivity index (χ2n) is 5.96. The third-order valence-corrected chi connectivity index (χ3v) is 4.76. The second kappa shape index (κ2) is 8.30. The van der Waals surface area contributed by atoms with Crippen LogP contribution in [-0.2, 0) is 11.3 Å². The van der Waals surface area contributed by atoms with E-state index in [4.69, 9.17) is 9.15 Å². The van der Waals surface area contributed by atoms with Gasteiger partial charge in [0.15, 0.2) is 5.96 Å². The van der Waals surface area contributed by atoms with Gasteiger partial charge in [0.1, 0.15) is 6.26 Å². The Balaban J connectivity index is 1.43. The molecule has 0 spiro atoms. The monoisotopic (exact) mass is 348 g/mol. The molecule has 0 radical (unpaired) electrons. The van der Waals surface area contributed by atoms with Crippen LogP contribution in [0.5, 0.6) is 0 Å². The molecule has 0 saturated heterocycles. The molecule has 0 amide bonds. The smallest absolute Gasteiger partial charge is 0.236 e. The summed E-state index contributed by atoms with van der Waals surface area (Å²) in [4.78, 5) is 11.9. The van der Waals surface area contributed by atoms with Gasteiger partial charge in [-0.3, -0.25) is 4.99 Å². The minimum absolute atomic E-state index is 0.578. The largest absolute Gasteiger partial charge is 0.443 e. The molecule has 1 aliphatic carbocycles. The summed E-state index contributed by atoms with van der Waals surface area (Å²) in [6.07, 6.45) is 4.34. The van der Waals surface area contributed by atoms with Gasteiger partial charge in [-0.05, 0) is 30.2 Å². The van der Waals surface area contributed by atoms with Gasteiger partial charge in [0, 0.05) is 27.2 Å². The van der Waals surface area contributed by atoms with Crippen LogP contribution in [0.2, 0.25) is 0 Å². The fraction of sp³-hybridized carbons (Fsp3) is 0.529. The first-order chi connectivity index (χ1) is 11.8. The van der Waals surface area contributed by atoms with E-state index in [2.05, 4.69) is 20.2 Å². The zero-order valence-corrected chi connectivity index (χ0v) is 15.0. The SMILES string of the molecule is CN=C(NCc1coc(-c2cccs2)n1)N(C)CCOCC1CC1. The molecule has 0 aliphatic heterocycles. The predicted molar refractivity (Wildman–Crippen MR) is 96.2 cm³/mol. The molecule has 3 rings (SSSR count). The maximum absolute atomic E-state index is 5.68. The fourth-order valence-corrected chi connectivity index (χ4v) is 2.95. The average Bonchev–Trinajstić information content (AvgIpc) is 3.06. The number of hydrogen-bond acceptors (Lipinski definition) is 5. The lowest BCUT2D eigenvalue weighted by Crippen LogP contribution is -2.40. The topological polar surface area (TPSA) is 62.9 Å². The van der Waals surface area contributed by atoms with E-state index in [0.29, 0.717) is 12.4 Å². The normalized spacial score (nSPS) is 14.8. The first-order valence-corrected chi connectivity index (χ1v) is 9.12. The zero-order valence-electron chi connectivity index (χ0n) is 14.2. The number of likely N-dealkylation sites (N-methyl/N-ethyl adjacent to an activating group) is 1. The lowest BCUT2D eigenvalue weighted by atomic mass is 10.4. The first kappa shape index (κ1) is 17.0. The van der Waals surface area contributed by atoms with Crippen molar-refractivity contribution in [2.75, 3.05) is 33.9 Å². The van der Waals surface area contributed by atoms with Crippen LogP contribution < -0.4 is 5.32 Å². The number of guanidine groups is 1. The van der Waals surface area contributed by atoms with Gasteiger partial charge in [0.2, 0.25) is 5.89 Å². The summed E-state index contributed by atoms with van der Waals surface area (Å²) in [5.74, 6) is 2.29. The van der Waals surface area contributed by atoms with Gasteiger partial charge in [0.05, 0.1) is 23.7 Å². The van der Waals surface area contributed by atoms with Crippen LogP contribution in [0.1, 0.15) is 18.5 Å². The fourth-order valence-electron chi connectivity index (χ4n) is 2.30. The average molecular weight is 348 g/mol. The molecule has 0 unspecified atom stereocenters. The quantitative estimate of drug-likeness (QED) is 0.451. The summed E-state index contributed by atoms with van der Waals surface area (Å²) in [6.45, 7) is 3.00. The van der Waals surface area contributed by atoms with Crippen molar-refractivity contribution in [3.63, 3.8) is 0 Å². The molecule has 0 atom stereocenters. The van der Waals surface area contributed by atoms with Crippen molar-refractivity contribution in [2.45, 2.75) is 19.4 Å². The number of ether oxygens (including phenoxy) is 1. The Kier molecular flexibility index (Phi) is 5.87. The molecular formula is C17H24N4O2S. The summed E-state index contributed by atoms with van der Waals surface area (Å²) in [6, 6.07) is 3.99. The third kappa shape index (κ3) is 4.82. The van der Waals surface area contributed by atoms with Gasteiger partial charge in [-0.2, -0.15) is 0 Å². The number of hydrogen-bond donors (Lipinski definition) is 1. The van der Waals surface area contributed by atoms with Crippen LogP contribution in [-0.4, -0.2) is 49.7 Å². The number of rotatable bonds is 8. The highest BCUT2D eigenvalue weighted by molar-refractivity contribution is 7.13. The van der Waals surface area contributed by atoms with Gasteiger partial charge in [0.25, 0.3) is 0 Å². The molecule has 1 aliphatic rings. The molecule has 130 valence electrons. The standard InChI is InChI=1S/C17H24N4O2S/c1-18-17(21(2)7-8-22-11-13-5-6-13)19-10-14-12-23-16(20-14)15-4-3-9-24-15/h3-4,9,12-13H,5-8,10-11H2,1-2H3,(H,18,19). The van der Waals surface area contributed by atoms with Gasteiger partial charge in [-0.25, -0.2) is 4.98 Å². The highest BCUT2D eigenvalue weighted by atomic mass is 32.1. The van der Waals surface area contributed by atoms with E-state index in [1.807, 2.05) is 24.6 Å². The molecule has 2 aromatic rings. The van der Waals surface area contributed by atoms with Crippen LogP contribution in [0.4, 0.5) is 0 Å². The summed E-state index contributed by atoms with van der Waals surface area (Å²) < 4.78 is 11.2. The van der Waals surface area contributed by atoms with Crippen LogP contribution in [0, 0.1) is 5.92 Å². The minimum Gasteiger partial charge on any atom is -0.443 e. The molecule has 24 heavy (non-hydrogen) atoms. The molecule has 2 heterocycles. The number of aliphatic imine (C=N–C) groups is 1. The number of aromatic nitrogens is 1. The van der Waals surface area contributed by atoms with Crippen LogP contribution in [0.25, 0.3) is 10.8 Å². The third-order valence-electron chi connectivity index (χ3n) is 3.91. The van der Waals surface area contributed by atoms with Crippen LogP contribution in [0.3, 0.4) is 0 Å². The Hall–Kier alpha value is -1.86. The van der Waals surface area contributed by atoms with E-state index in [1.54, 1.807) is 24.6 Å². The van der Waals surface area contributed by atoms with Crippen LogP contribution >= 0.6 is 11.3 Å².